The van der Waals surface area contributed by atoms with Gasteiger partial charge in [-0.05, 0) is 36.4 Å². The first-order chi connectivity index (χ1) is 12.0. The number of hydrogen-bond donors (Lipinski definition) is 1. The number of benzene rings is 2. The number of anilines is 1. The molecule has 26 heavy (non-hydrogen) atoms. The van der Waals surface area contributed by atoms with Crippen molar-refractivity contribution in [3.05, 3.63) is 63.1 Å². The van der Waals surface area contributed by atoms with Crippen molar-refractivity contribution < 1.29 is 22.8 Å². The molecule has 0 aromatic heterocycles. The lowest BCUT2D eigenvalue weighted by Gasteiger charge is -2.13. The maximum atomic E-state index is 12.8. The average Bonchev–Trinajstić information content (AvgIpc) is 2.52. The Morgan fingerprint density at radius 1 is 1.04 bits per heavy atom. The van der Waals surface area contributed by atoms with Crippen molar-refractivity contribution in [2.45, 2.75) is 6.18 Å². The summed E-state index contributed by atoms with van der Waals surface area (Å²) in [5.41, 5.74) is -0.824. The van der Waals surface area contributed by atoms with Gasteiger partial charge in [-0.3, -0.25) is 9.59 Å². The van der Waals surface area contributed by atoms with Gasteiger partial charge in [0.05, 0.1) is 16.1 Å². The molecule has 0 unspecified atom stereocenters. The first kappa shape index (κ1) is 20.1. The third kappa shape index (κ3) is 4.68. The van der Waals surface area contributed by atoms with Gasteiger partial charge in [-0.1, -0.05) is 23.2 Å². The van der Waals surface area contributed by atoms with Gasteiger partial charge in [0, 0.05) is 30.4 Å². The van der Waals surface area contributed by atoms with E-state index in [0.29, 0.717) is 6.07 Å². The van der Waals surface area contributed by atoms with Crippen LogP contribution in [-0.2, 0) is 6.18 Å². The molecule has 0 fully saturated rings. The Hall–Kier alpha value is -2.25. The van der Waals surface area contributed by atoms with E-state index in [9.17, 15) is 22.8 Å². The second-order valence-corrected chi connectivity index (χ2v) is 6.42. The summed E-state index contributed by atoms with van der Waals surface area (Å²) in [6.07, 6.45) is -4.63. The van der Waals surface area contributed by atoms with Crippen LogP contribution in [0.3, 0.4) is 0 Å². The molecule has 2 aromatic carbocycles. The predicted molar refractivity (Wildman–Crippen MR) is 93.9 cm³/mol. The summed E-state index contributed by atoms with van der Waals surface area (Å²) in [7, 11) is 3.12. The molecule has 0 radical (unpaired) electrons. The molecule has 0 saturated carbocycles. The highest BCUT2D eigenvalue weighted by Gasteiger charge is 2.31. The van der Waals surface area contributed by atoms with Crippen LogP contribution in [0.4, 0.5) is 18.9 Å². The molecule has 0 aliphatic rings. The molecule has 0 aliphatic carbocycles. The zero-order chi connectivity index (χ0) is 19.6. The van der Waals surface area contributed by atoms with Crippen LogP contribution < -0.4 is 5.32 Å². The van der Waals surface area contributed by atoms with Crippen molar-refractivity contribution in [3.63, 3.8) is 0 Å². The van der Waals surface area contributed by atoms with Crippen LogP contribution in [0.15, 0.2) is 36.4 Å². The van der Waals surface area contributed by atoms with Gasteiger partial charge in [0.25, 0.3) is 11.8 Å². The van der Waals surface area contributed by atoms with Crippen LogP contribution in [0.5, 0.6) is 0 Å². The molecule has 2 rings (SSSR count). The Morgan fingerprint density at radius 2 is 1.69 bits per heavy atom. The number of amides is 2. The number of carbonyl (C=O) groups excluding carboxylic acids is 2. The molecule has 0 spiro atoms. The fourth-order valence-corrected chi connectivity index (χ4v) is 2.59. The zero-order valence-corrected chi connectivity index (χ0v) is 15.1. The van der Waals surface area contributed by atoms with Crippen molar-refractivity contribution in [2.24, 2.45) is 0 Å². The minimum Gasteiger partial charge on any atom is -0.345 e. The van der Waals surface area contributed by atoms with E-state index in [1.807, 2.05) is 0 Å². The summed E-state index contributed by atoms with van der Waals surface area (Å²) >= 11 is 11.7. The van der Waals surface area contributed by atoms with E-state index in [2.05, 4.69) is 5.32 Å². The Balaban J connectivity index is 2.27. The smallest absolute Gasteiger partial charge is 0.345 e. The van der Waals surface area contributed by atoms with Gasteiger partial charge in [0.15, 0.2) is 0 Å². The van der Waals surface area contributed by atoms with Crippen molar-refractivity contribution in [1.29, 1.82) is 0 Å². The van der Waals surface area contributed by atoms with Gasteiger partial charge in [0.1, 0.15) is 0 Å². The molecule has 2 amide bonds. The quantitative estimate of drug-likeness (QED) is 0.785. The van der Waals surface area contributed by atoms with E-state index in [0.717, 1.165) is 12.1 Å². The second kappa shape index (κ2) is 7.55. The van der Waals surface area contributed by atoms with Crippen molar-refractivity contribution in [1.82, 2.24) is 4.90 Å². The highest BCUT2D eigenvalue weighted by Crippen LogP contribution is 2.32. The van der Waals surface area contributed by atoms with E-state index >= 15 is 0 Å². The highest BCUT2D eigenvalue weighted by molar-refractivity contribution is 6.34. The fourth-order valence-electron chi connectivity index (χ4n) is 2.09. The predicted octanol–water partition coefficient (Wildman–Crippen LogP) is 4.97. The van der Waals surface area contributed by atoms with E-state index in [4.69, 9.17) is 23.2 Å². The third-order valence-corrected chi connectivity index (χ3v) is 3.88. The maximum Gasteiger partial charge on any atom is 0.416 e. The minimum absolute atomic E-state index is 0.101. The summed E-state index contributed by atoms with van der Waals surface area (Å²) < 4.78 is 38.5. The Bertz CT molecular complexity index is 868. The standard InChI is InChI=1S/C17H13Cl2F3N2O2/c1-24(2)16(26)13-4-3-12(8-14(13)19)23-15(25)9-5-10(17(20,21)22)7-11(18)6-9/h3-8H,1-2H3,(H,23,25). The second-order valence-electron chi connectivity index (χ2n) is 5.57. The van der Waals surface area contributed by atoms with Crippen LogP contribution in [0, 0.1) is 0 Å². The topological polar surface area (TPSA) is 49.4 Å². The lowest BCUT2D eigenvalue weighted by atomic mass is 10.1. The minimum atomic E-state index is -4.63. The number of nitrogens with one attached hydrogen (secondary N) is 1. The Kier molecular flexibility index (Phi) is 5.83. The van der Waals surface area contributed by atoms with E-state index in [1.54, 1.807) is 14.1 Å². The number of hydrogen-bond acceptors (Lipinski definition) is 2. The number of rotatable bonds is 3. The SMILES string of the molecule is CN(C)C(=O)c1ccc(NC(=O)c2cc(Cl)cc(C(F)(F)F)c2)cc1Cl. The zero-order valence-electron chi connectivity index (χ0n) is 13.6. The molecule has 9 heteroatoms. The van der Waals surface area contributed by atoms with Crippen molar-refractivity contribution in [3.8, 4) is 0 Å². The maximum absolute atomic E-state index is 12.8. The molecule has 0 bridgehead atoms. The Morgan fingerprint density at radius 3 is 2.23 bits per heavy atom. The van der Waals surface area contributed by atoms with Gasteiger partial charge >= 0.3 is 6.18 Å². The molecule has 1 N–H and O–H groups in total. The van der Waals surface area contributed by atoms with Gasteiger partial charge < -0.3 is 10.2 Å². The van der Waals surface area contributed by atoms with Crippen LogP contribution in [0.2, 0.25) is 10.0 Å². The average molecular weight is 405 g/mol. The molecule has 2 aromatic rings. The lowest BCUT2D eigenvalue weighted by Crippen LogP contribution is -2.22. The van der Waals surface area contributed by atoms with Crippen LogP contribution in [0.25, 0.3) is 0 Å². The van der Waals surface area contributed by atoms with Gasteiger partial charge in [-0.2, -0.15) is 13.2 Å². The highest BCUT2D eigenvalue weighted by atomic mass is 35.5. The normalized spacial score (nSPS) is 11.2. The lowest BCUT2D eigenvalue weighted by molar-refractivity contribution is -0.137. The van der Waals surface area contributed by atoms with Gasteiger partial charge in [-0.25, -0.2) is 0 Å². The van der Waals surface area contributed by atoms with Crippen LogP contribution >= 0.6 is 23.2 Å². The molecule has 138 valence electrons. The van der Waals surface area contributed by atoms with E-state index in [1.165, 1.54) is 23.1 Å². The summed E-state index contributed by atoms with van der Waals surface area (Å²) in [6.45, 7) is 0. The molecular weight excluding hydrogens is 392 g/mol. The van der Waals surface area contributed by atoms with E-state index < -0.39 is 17.6 Å². The molecule has 0 aliphatic heterocycles. The van der Waals surface area contributed by atoms with Crippen molar-refractivity contribution >= 4 is 40.7 Å². The fraction of sp³-hybridized carbons (Fsp3) is 0.176. The summed E-state index contributed by atoms with van der Waals surface area (Å²) in [5, 5.41) is 2.31. The molecule has 0 heterocycles. The van der Waals surface area contributed by atoms with Gasteiger partial charge in [-0.15, -0.1) is 0 Å². The van der Waals surface area contributed by atoms with Crippen LogP contribution in [0.1, 0.15) is 26.3 Å². The summed E-state index contributed by atoms with van der Waals surface area (Å²) in [5.74, 6) is -1.11. The third-order valence-electron chi connectivity index (χ3n) is 3.35. The number of halogens is 5. The molecule has 0 saturated heterocycles. The molecular formula is C17H13Cl2F3N2O2. The first-order valence-corrected chi connectivity index (χ1v) is 7.95. The van der Waals surface area contributed by atoms with E-state index in [-0.39, 0.29) is 32.8 Å². The molecule has 4 nitrogen and oxygen atoms in total. The Labute approximate surface area is 157 Å². The number of carbonyl (C=O) groups is 2. The number of alkyl halides is 3. The largest absolute Gasteiger partial charge is 0.416 e. The summed E-state index contributed by atoms with van der Waals surface area (Å²) in [4.78, 5) is 25.5. The first-order valence-electron chi connectivity index (χ1n) is 7.19. The summed E-state index contributed by atoms with van der Waals surface area (Å²) in [6, 6.07) is 6.74. The number of nitrogens with zero attached hydrogens (tertiary/aromatic N) is 1. The van der Waals surface area contributed by atoms with Crippen LogP contribution in [-0.4, -0.2) is 30.8 Å². The van der Waals surface area contributed by atoms with Gasteiger partial charge in [0.2, 0.25) is 0 Å². The van der Waals surface area contributed by atoms with Crippen molar-refractivity contribution in [2.75, 3.05) is 19.4 Å². The molecule has 0 atom stereocenters. The monoisotopic (exact) mass is 404 g/mol.